The molecule has 1 aromatic heterocycles. The van der Waals surface area contributed by atoms with Gasteiger partial charge in [-0.15, -0.1) is 11.3 Å². The summed E-state index contributed by atoms with van der Waals surface area (Å²) >= 11 is 9.08. The highest BCUT2D eigenvalue weighted by Gasteiger charge is 2.12. The Bertz CT molecular complexity index is 945. The largest absolute Gasteiger partial charge is 0.497 e. The minimum Gasteiger partial charge on any atom is -0.497 e. The van der Waals surface area contributed by atoms with Crippen molar-refractivity contribution >= 4 is 46.3 Å². The number of halogens is 1. The van der Waals surface area contributed by atoms with E-state index in [2.05, 4.69) is 10.3 Å². The van der Waals surface area contributed by atoms with Gasteiger partial charge in [0.15, 0.2) is 0 Å². The fourth-order valence-electron chi connectivity index (χ4n) is 2.43. The number of aromatic nitrogens is 1. The van der Waals surface area contributed by atoms with E-state index in [4.69, 9.17) is 21.1 Å². The monoisotopic (exact) mass is 434 g/mol. The second-order valence-electron chi connectivity index (χ2n) is 5.81. The first-order chi connectivity index (χ1) is 13.6. The number of thiazole rings is 1. The average Bonchev–Trinajstić information content (AvgIpc) is 3.14. The third-order valence-electron chi connectivity index (χ3n) is 3.83. The number of benzene rings is 2. The van der Waals surface area contributed by atoms with Gasteiger partial charge in [-0.3, -0.25) is 4.79 Å². The molecule has 1 amide bonds. The van der Waals surface area contributed by atoms with Crippen LogP contribution in [-0.2, 0) is 17.0 Å². The van der Waals surface area contributed by atoms with Gasteiger partial charge < -0.3 is 14.8 Å². The minimum atomic E-state index is -0.161. The van der Waals surface area contributed by atoms with Gasteiger partial charge in [-0.05, 0) is 29.8 Å². The van der Waals surface area contributed by atoms with Crippen LogP contribution in [0.25, 0.3) is 0 Å². The maximum absolute atomic E-state index is 12.4. The average molecular weight is 435 g/mol. The van der Waals surface area contributed by atoms with E-state index in [1.807, 2.05) is 29.6 Å². The summed E-state index contributed by atoms with van der Waals surface area (Å²) in [6.45, 7) is 0. The lowest BCUT2D eigenvalue weighted by Gasteiger charge is -2.11. The summed E-state index contributed by atoms with van der Waals surface area (Å²) in [5.41, 5.74) is 2.48. The number of nitrogens with zero attached hydrogens (tertiary/aromatic N) is 1. The van der Waals surface area contributed by atoms with Crippen LogP contribution in [0.1, 0.15) is 11.3 Å². The lowest BCUT2D eigenvalue weighted by atomic mass is 10.2. The number of thioether (sulfide) groups is 1. The van der Waals surface area contributed by atoms with E-state index in [9.17, 15) is 4.79 Å². The van der Waals surface area contributed by atoms with Gasteiger partial charge in [-0.25, -0.2) is 4.98 Å². The molecular formula is C20H19ClN2O3S2. The molecule has 1 N–H and O–H groups in total. The van der Waals surface area contributed by atoms with Crippen molar-refractivity contribution in [2.24, 2.45) is 0 Å². The van der Waals surface area contributed by atoms with Gasteiger partial charge in [0.05, 0.1) is 32.0 Å². The predicted molar refractivity (Wildman–Crippen MR) is 115 cm³/mol. The molecule has 28 heavy (non-hydrogen) atoms. The van der Waals surface area contributed by atoms with E-state index in [0.717, 1.165) is 20.8 Å². The number of rotatable bonds is 8. The standard InChI is InChI=1S/C20H19ClN2O3S2/c1-25-16-7-8-18(26-2)17(10-16)23-19(24)9-15-12-28-20(22-15)27-11-13-3-5-14(21)6-4-13/h3-8,10,12H,9,11H2,1-2H3,(H,23,24). The van der Waals surface area contributed by atoms with Crippen molar-refractivity contribution in [1.29, 1.82) is 0 Å². The third kappa shape index (κ3) is 5.64. The Morgan fingerprint density at radius 2 is 1.96 bits per heavy atom. The molecule has 0 spiro atoms. The maximum atomic E-state index is 12.4. The summed E-state index contributed by atoms with van der Waals surface area (Å²) in [5.74, 6) is 1.86. The van der Waals surface area contributed by atoms with Crippen LogP contribution < -0.4 is 14.8 Å². The van der Waals surface area contributed by atoms with Gasteiger partial charge in [0.2, 0.25) is 5.91 Å². The van der Waals surface area contributed by atoms with Crippen molar-refractivity contribution < 1.29 is 14.3 Å². The summed E-state index contributed by atoms with van der Waals surface area (Å²) in [5, 5.41) is 5.49. The smallest absolute Gasteiger partial charge is 0.230 e. The lowest BCUT2D eigenvalue weighted by Crippen LogP contribution is -2.15. The molecule has 5 nitrogen and oxygen atoms in total. The van der Waals surface area contributed by atoms with Crippen LogP contribution in [0.5, 0.6) is 11.5 Å². The molecule has 0 atom stereocenters. The van der Waals surface area contributed by atoms with Gasteiger partial charge >= 0.3 is 0 Å². The summed E-state index contributed by atoms with van der Waals surface area (Å²) in [6, 6.07) is 13.0. The number of methoxy groups -OCH3 is 2. The Labute approximate surface area is 177 Å². The van der Waals surface area contributed by atoms with Crippen molar-refractivity contribution in [2.75, 3.05) is 19.5 Å². The van der Waals surface area contributed by atoms with E-state index in [1.165, 1.54) is 16.9 Å². The third-order valence-corrected chi connectivity index (χ3v) is 6.22. The second kappa shape index (κ2) is 9.82. The first-order valence-electron chi connectivity index (χ1n) is 8.41. The van der Waals surface area contributed by atoms with Gasteiger partial charge in [0.1, 0.15) is 15.8 Å². The van der Waals surface area contributed by atoms with E-state index >= 15 is 0 Å². The molecule has 0 aliphatic heterocycles. The molecule has 0 unspecified atom stereocenters. The van der Waals surface area contributed by atoms with Crippen LogP contribution in [0, 0.1) is 0 Å². The number of amides is 1. The zero-order valence-corrected chi connectivity index (χ0v) is 17.8. The molecule has 146 valence electrons. The van der Waals surface area contributed by atoms with Gasteiger partial charge in [0, 0.05) is 22.2 Å². The van der Waals surface area contributed by atoms with Crippen LogP contribution in [0.2, 0.25) is 5.02 Å². The second-order valence-corrected chi connectivity index (χ2v) is 8.33. The number of hydrogen-bond donors (Lipinski definition) is 1. The van der Waals surface area contributed by atoms with Crippen molar-refractivity contribution in [3.8, 4) is 11.5 Å². The molecular weight excluding hydrogens is 416 g/mol. The van der Waals surface area contributed by atoms with Gasteiger partial charge in [-0.2, -0.15) is 0 Å². The summed E-state index contributed by atoms with van der Waals surface area (Å²) in [6.07, 6.45) is 0.193. The van der Waals surface area contributed by atoms with Crippen LogP contribution in [0.3, 0.4) is 0 Å². The molecule has 8 heteroatoms. The van der Waals surface area contributed by atoms with Crippen LogP contribution in [0.15, 0.2) is 52.2 Å². The molecule has 0 radical (unpaired) electrons. The zero-order chi connectivity index (χ0) is 19.9. The quantitative estimate of drug-likeness (QED) is 0.488. The Balaban J connectivity index is 1.57. The molecule has 0 aliphatic rings. The van der Waals surface area contributed by atoms with Crippen molar-refractivity contribution in [3.05, 3.63) is 64.1 Å². The van der Waals surface area contributed by atoms with E-state index < -0.39 is 0 Å². The highest BCUT2D eigenvalue weighted by Crippen LogP contribution is 2.30. The van der Waals surface area contributed by atoms with Crippen LogP contribution in [-0.4, -0.2) is 25.1 Å². The number of ether oxygens (including phenoxy) is 2. The molecule has 0 saturated carbocycles. The number of carbonyl (C=O) groups is 1. The molecule has 3 aromatic rings. The Morgan fingerprint density at radius 3 is 2.68 bits per heavy atom. The Morgan fingerprint density at radius 1 is 1.18 bits per heavy atom. The highest BCUT2D eigenvalue weighted by atomic mass is 35.5. The minimum absolute atomic E-state index is 0.161. The summed E-state index contributed by atoms with van der Waals surface area (Å²) in [4.78, 5) is 16.9. The summed E-state index contributed by atoms with van der Waals surface area (Å²) < 4.78 is 11.4. The number of carbonyl (C=O) groups excluding carboxylic acids is 1. The first-order valence-corrected chi connectivity index (χ1v) is 10.6. The fraction of sp³-hybridized carbons (Fsp3) is 0.200. The van der Waals surface area contributed by atoms with Crippen molar-refractivity contribution in [2.45, 2.75) is 16.5 Å². The molecule has 0 bridgehead atoms. The summed E-state index contributed by atoms with van der Waals surface area (Å²) in [7, 11) is 3.13. The predicted octanol–water partition coefficient (Wildman–Crippen LogP) is 5.29. The molecule has 1 heterocycles. The number of nitrogens with one attached hydrogen (secondary N) is 1. The normalized spacial score (nSPS) is 10.5. The van der Waals surface area contributed by atoms with E-state index in [-0.39, 0.29) is 12.3 Å². The topological polar surface area (TPSA) is 60.5 Å². The molecule has 0 aliphatic carbocycles. The first kappa shape index (κ1) is 20.5. The van der Waals surface area contributed by atoms with E-state index in [1.54, 1.807) is 44.2 Å². The maximum Gasteiger partial charge on any atom is 0.230 e. The van der Waals surface area contributed by atoms with E-state index in [0.29, 0.717) is 17.2 Å². The van der Waals surface area contributed by atoms with Crippen molar-refractivity contribution in [1.82, 2.24) is 4.98 Å². The van der Waals surface area contributed by atoms with Gasteiger partial charge in [-0.1, -0.05) is 35.5 Å². The van der Waals surface area contributed by atoms with Gasteiger partial charge in [0.25, 0.3) is 0 Å². The molecule has 2 aromatic carbocycles. The molecule has 3 rings (SSSR count). The fourth-order valence-corrected chi connectivity index (χ4v) is 4.36. The molecule has 0 saturated heterocycles. The number of anilines is 1. The molecule has 0 fully saturated rings. The zero-order valence-electron chi connectivity index (χ0n) is 15.4. The Kier molecular flexibility index (Phi) is 7.19. The SMILES string of the molecule is COc1ccc(OC)c(NC(=O)Cc2csc(SCc3ccc(Cl)cc3)n2)c1. The lowest BCUT2D eigenvalue weighted by molar-refractivity contribution is -0.115. The van der Waals surface area contributed by atoms with Crippen molar-refractivity contribution in [3.63, 3.8) is 0 Å². The number of hydrogen-bond acceptors (Lipinski definition) is 6. The highest BCUT2D eigenvalue weighted by molar-refractivity contribution is 8.00. The van der Waals surface area contributed by atoms with Crippen LogP contribution in [0.4, 0.5) is 5.69 Å². The van der Waals surface area contributed by atoms with Crippen LogP contribution >= 0.6 is 34.7 Å². The Hall–Kier alpha value is -2.22.